The fourth-order valence-corrected chi connectivity index (χ4v) is 1.35. The highest BCUT2D eigenvalue weighted by atomic mass is 16.5. The fraction of sp³-hybridized carbons (Fsp3) is 0.545. The van der Waals surface area contributed by atoms with Crippen LogP contribution in [0.3, 0.4) is 0 Å². The van der Waals surface area contributed by atoms with Crippen molar-refractivity contribution >= 4 is 0 Å². The minimum Gasteiger partial charge on any atom is -0.478 e. The molecule has 0 atom stereocenters. The number of nitrogens with zero attached hydrogens (tertiary/aromatic N) is 1. The lowest BCUT2D eigenvalue weighted by Gasteiger charge is -2.04. The Kier molecular flexibility index (Phi) is 2.99. The Labute approximate surface area is 84.3 Å². The topological polar surface area (TPSA) is 48.1 Å². The van der Waals surface area contributed by atoms with Gasteiger partial charge in [-0.3, -0.25) is 0 Å². The number of hydrogen-bond acceptors (Lipinski definition) is 3. The molecule has 1 heterocycles. The quantitative estimate of drug-likeness (QED) is 0.772. The van der Waals surface area contributed by atoms with Crippen LogP contribution in [0, 0.1) is 5.92 Å². The van der Waals surface area contributed by atoms with E-state index in [0.29, 0.717) is 12.4 Å². The molecule has 0 spiro atoms. The smallest absolute Gasteiger partial charge is 0.213 e. The van der Waals surface area contributed by atoms with Crippen LogP contribution in [-0.2, 0) is 6.54 Å². The van der Waals surface area contributed by atoms with Crippen molar-refractivity contribution in [1.82, 2.24) is 4.98 Å². The van der Waals surface area contributed by atoms with E-state index in [4.69, 9.17) is 10.5 Å². The maximum atomic E-state index is 5.50. The second-order valence-electron chi connectivity index (χ2n) is 3.79. The lowest BCUT2D eigenvalue weighted by atomic mass is 10.3. The van der Waals surface area contributed by atoms with Crippen LogP contribution >= 0.6 is 0 Å². The maximum Gasteiger partial charge on any atom is 0.213 e. The van der Waals surface area contributed by atoms with Gasteiger partial charge in [-0.2, -0.15) is 0 Å². The summed E-state index contributed by atoms with van der Waals surface area (Å²) in [6, 6.07) is 3.84. The zero-order valence-corrected chi connectivity index (χ0v) is 8.28. The van der Waals surface area contributed by atoms with E-state index in [1.165, 1.54) is 19.3 Å². The van der Waals surface area contributed by atoms with Crippen molar-refractivity contribution in [3.8, 4) is 5.88 Å². The summed E-state index contributed by atoms with van der Waals surface area (Å²) in [6.45, 7) is 1.33. The highest BCUT2D eigenvalue weighted by Gasteiger charge is 2.20. The molecule has 3 nitrogen and oxygen atoms in total. The summed E-state index contributed by atoms with van der Waals surface area (Å²) in [7, 11) is 0. The summed E-state index contributed by atoms with van der Waals surface area (Å²) in [6.07, 6.45) is 5.69. The number of aromatic nitrogens is 1. The van der Waals surface area contributed by atoms with Crippen LogP contribution in [0.25, 0.3) is 0 Å². The van der Waals surface area contributed by atoms with Gasteiger partial charge in [-0.25, -0.2) is 4.98 Å². The molecule has 3 heteroatoms. The Morgan fingerprint density at radius 1 is 1.43 bits per heavy atom. The van der Waals surface area contributed by atoms with Gasteiger partial charge >= 0.3 is 0 Å². The summed E-state index contributed by atoms with van der Waals surface area (Å²) in [4.78, 5) is 4.16. The lowest BCUT2D eigenvalue weighted by molar-refractivity contribution is 0.291. The summed E-state index contributed by atoms with van der Waals surface area (Å²) in [5.41, 5.74) is 6.51. The average molecular weight is 192 g/mol. The van der Waals surface area contributed by atoms with Crippen molar-refractivity contribution in [3.63, 3.8) is 0 Å². The van der Waals surface area contributed by atoms with Gasteiger partial charge < -0.3 is 10.5 Å². The van der Waals surface area contributed by atoms with Gasteiger partial charge in [0.25, 0.3) is 0 Å². The van der Waals surface area contributed by atoms with Crippen molar-refractivity contribution in [3.05, 3.63) is 23.9 Å². The standard InChI is InChI=1S/C11H16N2O/c12-7-10-3-4-11(13-8-10)14-6-5-9-1-2-9/h3-4,8-9H,1-2,5-7,12H2. The summed E-state index contributed by atoms with van der Waals surface area (Å²) in [5, 5.41) is 0. The molecule has 1 aromatic heterocycles. The van der Waals surface area contributed by atoms with E-state index in [9.17, 15) is 0 Å². The second-order valence-corrected chi connectivity index (χ2v) is 3.79. The second kappa shape index (κ2) is 4.42. The molecule has 0 radical (unpaired) electrons. The molecule has 1 aliphatic rings. The van der Waals surface area contributed by atoms with Gasteiger partial charge in [0.05, 0.1) is 6.61 Å². The number of rotatable bonds is 5. The largest absolute Gasteiger partial charge is 0.478 e. The first-order valence-corrected chi connectivity index (χ1v) is 5.16. The van der Waals surface area contributed by atoms with E-state index < -0.39 is 0 Å². The van der Waals surface area contributed by atoms with Crippen molar-refractivity contribution < 1.29 is 4.74 Å². The van der Waals surface area contributed by atoms with Crippen molar-refractivity contribution in [2.45, 2.75) is 25.8 Å². The Morgan fingerprint density at radius 2 is 2.29 bits per heavy atom. The molecule has 0 amide bonds. The predicted octanol–water partition coefficient (Wildman–Crippen LogP) is 1.72. The molecule has 1 fully saturated rings. The predicted molar refractivity (Wildman–Crippen MR) is 55.0 cm³/mol. The van der Waals surface area contributed by atoms with E-state index in [1.807, 2.05) is 12.1 Å². The van der Waals surface area contributed by atoms with E-state index in [-0.39, 0.29) is 0 Å². The molecule has 0 bridgehead atoms. The van der Waals surface area contributed by atoms with Gasteiger partial charge in [0.2, 0.25) is 5.88 Å². The summed E-state index contributed by atoms with van der Waals surface area (Å²) >= 11 is 0. The molecule has 14 heavy (non-hydrogen) atoms. The molecule has 2 rings (SSSR count). The summed E-state index contributed by atoms with van der Waals surface area (Å²) in [5.74, 6) is 1.63. The Balaban J connectivity index is 1.77. The molecule has 0 aliphatic heterocycles. The van der Waals surface area contributed by atoms with E-state index >= 15 is 0 Å². The molecular formula is C11H16N2O. The Bertz CT molecular complexity index is 280. The molecular weight excluding hydrogens is 176 g/mol. The number of nitrogens with two attached hydrogens (primary N) is 1. The van der Waals surface area contributed by atoms with Crippen LogP contribution in [-0.4, -0.2) is 11.6 Å². The third-order valence-electron chi connectivity index (χ3n) is 2.51. The van der Waals surface area contributed by atoms with E-state index in [0.717, 1.165) is 18.1 Å². The molecule has 0 unspecified atom stereocenters. The SMILES string of the molecule is NCc1ccc(OCCC2CC2)nc1. The zero-order valence-electron chi connectivity index (χ0n) is 8.28. The first kappa shape index (κ1) is 9.46. The molecule has 2 N–H and O–H groups in total. The van der Waals surface area contributed by atoms with Gasteiger partial charge in [-0.15, -0.1) is 0 Å². The molecule has 76 valence electrons. The third-order valence-corrected chi connectivity index (χ3v) is 2.51. The maximum absolute atomic E-state index is 5.50. The number of pyridine rings is 1. The molecule has 1 aliphatic carbocycles. The van der Waals surface area contributed by atoms with Gasteiger partial charge in [0.1, 0.15) is 0 Å². The Morgan fingerprint density at radius 3 is 2.86 bits per heavy atom. The van der Waals surface area contributed by atoms with Gasteiger partial charge in [-0.1, -0.05) is 18.9 Å². The minimum atomic E-state index is 0.537. The van der Waals surface area contributed by atoms with Crippen molar-refractivity contribution in [2.75, 3.05) is 6.61 Å². The normalized spacial score (nSPS) is 15.5. The third kappa shape index (κ3) is 2.70. The molecule has 0 aromatic carbocycles. The highest BCUT2D eigenvalue weighted by molar-refractivity contribution is 5.17. The monoisotopic (exact) mass is 192 g/mol. The van der Waals surface area contributed by atoms with Crippen molar-refractivity contribution in [1.29, 1.82) is 0 Å². The first-order valence-electron chi connectivity index (χ1n) is 5.16. The van der Waals surface area contributed by atoms with Gasteiger partial charge in [0.15, 0.2) is 0 Å². The van der Waals surface area contributed by atoms with Gasteiger partial charge in [-0.05, 0) is 17.9 Å². The highest BCUT2D eigenvalue weighted by Crippen LogP contribution is 2.32. The van der Waals surface area contributed by atoms with Crippen LogP contribution in [0.15, 0.2) is 18.3 Å². The first-order chi connectivity index (χ1) is 6.88. The molecule has 1 aromatic rings. The Hall–Kier alpha value is -1.09. The molecule has 0 saturated heterocycles. The minimum absolute atomic E-state index is 0.537. The molecule has 1 saturated carbocycles. The van der Waals surface area contributed by atoms with E-state index in [1.54, 1.807) is 6.20 Å². The summed E-state index contributed by atoms with van der Waals surface area (Å²) < 4.78 is 5.50. The van der Waals surface area contributed by atoms with Crippen LogP contribution in [0.2, 0.25) is 0 Å². The lowest BCUT2D eigenvalue weighted by Crippen LogP contribution is -2.01. The van der Waals surface area contributed by atoms with Crippen molar-refractivity contribution in [2.24, 2.45) is 11.7 Å². The van der Waals surface area contributed by atoms with Crippen LogP contribution in [0.1, 0.15) is 24.8 Å². The fourth-order valence-electron chi connectivity index (χ4n) is 1.35. The van der Waals surface area contributed by atoms with Gasteiger partial charge in [0, 0.05) is 18.8 Å². The van der Waals surface area contributed by atoms with Crippen LogP contribution < -0.4 is 10.5 Å². The number of hydrogen-bond donors (Lipinski definition) is 1. The number of ether oxygens (including phenoxy) is 1. The van der Waals surface area contributed by atoms with E-state index in [2.05, 4.69) is 4.98 Å². The van der Waals surface area contributed by atoms with Crippen LogP contribution in [0.4, 0.5) is 0 Å². The van der Waals surface area contributed by atoms with Crippen LogP contribution in [0.5, 0.6) is 5.88 Å². The zero-order chi connectivity index (χ0) is 9.80. The average Bonchev–Trinajstić information content (AvgIpc) is 3.03.